The van der Waals surface area contributed by atoms with Crippen molar-refractivity contribution in [2.24, 2.45) is 64.1 Å². The molecule has 4 aliphatic carbocycles. The monoisotopic (exact) mass is 470 g/mol. The Kier molecular flexibility index (Phi) is 7.67. The van der Waals surface area contributed by atoms with E-state index in [1.165, 1.54) is 44.9 Å². The number of carbonyl (C=O) groups is 1. The first-order valence-electron chi connectivity index (χ1n) is 14.8. The number of allylic oxidation sites excluding steroid dienone is 2. The first kappa shape index (κ1) is 26.3. The van der Waals surface area contributed by atoms with Crippen molar-refractivity contribution < 1.29 is 9.53 Å². The lowest BCUT2D eigenvalue weighted by Gasteiger charge is -2.61. The van der Waals surface area contributed by atoms with Crippen LogP contribution in [0.15, 0.2) is 12.2 Å². The van der Waals surface area contributed by atoms with E-state index in [1.54, 1.807) is 6.92 Å². The fourth-order valence-corrected chi connectivity index (χ4v) is 10.1. The van der Waals surface area contributed by atoms with Crippen molar-refractivity contribution in [1.82, 2.24) is 0 Å². The molecule has 0 unspecified atom stereocenters. The van der Waals surface area contributed by atoms with Gasteiger partial charge >= 0.3 is 5.97 Å². The predicted molar refractivity (Wildman–Crippen MR) is 142 cm³/mol. The molecule has 2 heteroatoms. The Hall–Kier alpha value is -0.790. The molecule has 0 aromatic carbocycles. The van der Waals surface area contributed by atoms with Gasteiger partial charge in [-0.05, 0) is 122 Å². The first-order valence-corrected chi connectivity index (χ1v) is 14.8. The molecule has 0 radical (unpaired) electrons. The fraction of sp³-hybridized carbons (Fsp3) is 0.906. The molecule has 0 aromatic heterocycles. The molecule has 4 fully saturated rings. The molecule has 0 bridgehead atoms. The summed E-state index contributed by atoms with van der Waals surface area (Å²) >= 11 is 0. The maximum Gasteiger partial charge on any atom is 0.302 e. The van der Waals surface area contributed by atoms with Crippen molar-refractivity contribution in [3.8, 4) is 0 Å². The summed E-state index contributed by atoms with van der Waals surface area (Å²) in [6.45, 7) is 18.9. The smallest absolute Gasteiger partial charge is 0.302 e. The number of hydrogen-bond acceptors (Lipinski definition) is 2. The number of esters is 1. The predicted octanol–water partition coefficient (Wildman–Crippen LogP) is 8.70. The third kappa shape index (κ3) is 4.66. The molecule has 0 aromatic rings. The number of fused-ring (bicyclic) bond motifs is 5. The zero-order valence-corrected chi connectivity index (χ0v) is 23.6. The Morgan fingerprint density at radius 2 is 1.47 bits per heavy atom. The summed E-state index contributed by atoms with van der Waals surface area (Å²) in [4.78, 5) is 11.5. The molecule has 9 atom stereocenters. The highest BCUT2D eigenvalue weighted by Gasteiger charge is 2.60. The average molecular weight is 471 g/mol. The van der Waals surface area contributed by atoms with Gasteiger partial charge < -0.3 is 4.74 Å². The van der Waals surface area contributed by atoms with Crippen LogP contribution in [0.2, 0.25) is 0 Å². The minimum Gasteiger partial charge on any atom is -0.463 e. The SMILES string of the molecule is CC(=O)O[C@H]1CC[C@@]2(C)[C@@H](CC[C@@H]3[C@@H]2CC[C@]2(C)[C@@H]([C@H](C)/C=C\C(C(C)C)C(C)C)CC[C@@H]32)C1. The molecule has 0 saturated heterocycles. The van der Waals surface area contributed by atoms with Crippen molar-refractivity contribution in [2.75, 3.05) is 0 Å². The molecule has 2 nitrogen and oxygen atoms in total. The van der Waals surface area contributed by atoms with E-state index >= 15 is 0 Å². The van der Waals surface area contributed by atoms with E-state index in [2.05, 4.69) is 60.6 Å². The first-order chi connectivity index (χ1) is 16.0. The van der Waals surface area contributed by atoms with Crippen LogP contribution in [0.3, 0.4) is 0 Å². The second-order valence-corrected chi connectivity index (χ2v) is 14.2. The summed E-state index contributed by atoms with van der Waals surface area (Å²) in [5.74, 6) is 7.06. The maximum atomic E-state index is 11.5. The third-order valence-electron chi connectivity index (χ3n) is 11.8. The molecule has 0 amide bonds. The quantitative estimate of drug-likeness (QED) is 0.286. The van der Waals surface area contributed by atoms with E-state index in [0.29, 0.717) is 22.7 Å². The summed E-state index contributed by atoms with van der Waals surface area (Å²) in [6, 6.07) is 0. The fourth-order valence-electron chi connectivity index (χ4n) is 10.1. The lowest BCUT2D eigenvalue weighted by atomic mass is 9.44. The van der Waals surface area contributed by atoms with Gasteiger partial charge in [-0.15, -0.1) is 0 Å². The van der Waals surface area contributed by atoms with Crippen molar-refractivity contribution in [2.45, 2.75) is 119 Å². The van der Waals surface area contributed by atoms with Crippen molar-refractivity contribution in [3.63, 3.8) is 0 Å². The van der Waals surface area contributed by atoms with Crippen molar-refractivity contribution in [1.29, 1.82) is 0 Å². The van der Waals surface area contributed by atoms with E-state index in [-0.39, 0.29) is 12.1 Å². The highest BCUT2D eigenvalue weighted by Crippen LogP contribution is 2.68. The van der Waals surface area contributed by atoms with Crippen LogP contribution in [0.4, 0.5) is 0 Å². The van der Waals surface area contributed by atoms with Crippen LogP contribution in [0.1, 0.15) is 113 Å². The van der Waals surface area contributed by atoms with Crippen LogP contribution < -0.4 is 0 Å². The minimum absolute atomic E-state index is 0.0935. The molecule has 4 aliphatic rings. The highest BCUT2D eigenvalue weighted by atomic mass is 16.5. The molecular formula is C32H54O2. The number of carbonyl (C=O) groups excluding carboxylic acids is 1. The normalized spacial score (nSPS) is 43.1. The molecule has 194 valence electrons. The van der Waals surface area contributed by atoms with E-state index < -0.39 is 0 Å². The topological polar surface area (TPSA) is 26.3 Å². The van der Waals surface area contributed by atoms with Crippen LogP contribution >= 0.6 is 0 Å². The summed E-state index contributed by atoms with van der Waals surface area (Å²) in [6.07, 6.45) is 17.3. The number of hydrogen-bond donors (Lipinski definition) is 0. The summed E-state index contributed by atoms with van der Waals surface area (Å²) < 4.78 is 5.67. The Morgan fingerprint density at radius 1 is 0.824 bits per heavy atom. The van der Waals surface area contributed by atoms with Gasteiger partial charge in [0, 0.05) is 6.92 Å². The lowest BCUT2D eigenvalue weighted by Crippen LogP contribution is -2.54. The van der Waals surface area contributed by atoms with E-state index in [1.807, 2.05) is 0 Å². The van der Waals surface area contributed by atoms with Crippen molar-refractivity contribution in [3.05, 3.63) is 12.2 Å². The number of rotatable bonds is 6. The average Bonchev–Trinajstić information content (AvgIpc) is 3.10. The Morgan fingerprint density at radius 3 is 2.12 bits per heavy atom. The summed E-state index contributed by atoms with van der Waals surface area (Å²) in [5, 5.41) is 0. The van der Waals surface area contributed by atoms with Gasteiger partial charge in [0.05, 0.1) is 0 Å². The molecule has 0 spiro atoms. The van der Waals surface area contributed by atoms with Crippen LogP contribution in [0, 0.1) is 64.1 Å². The van der Waals surface area contributed by atoms with Gasteiger partial charge in [0.1, 0.15) is 6.10 Å². The molecule has 0 N–H and O–H groups in total. The van der Waals surface area contributed by atoms with Gasteiger partial charge in [0.15, 0.2) is 0 Å². The van der Waals surface area contributed by atoms with Gasteiger partial charge in [-0.25, -0.2) is 0 Å². The van der Waals surface area contributed by atoms with Crippen LogP contribution in [0.5, 0.6) is 0 Å². The Labute approximate surface area is 211 Å². The zero-order chi connectivity index (χ0) is 24.8. The van der Waals surface area contributed by atoms with Crippen LogP contribution in [-0.2, 0) is 9.53 Å². The molecule has 0 aliphatic heterocycles. The van der Waals surface area contributed by atoms with Gasteiger partial charge in [-0.2, -0.15) is 0 Å². The Bertz CT molecular complexity index is 744. The molecular weight excluding hydrogens is 416 g/mol. The highest BCUT2D eigenvalue weighted by molar-refractivity contribution is 5.66. The van der Waals surface area contributed by atoms with E-state index in [9.17, 15) is 4.79 Å². The van der Waals surface area contributed by atoms with Crippen molar-refractivity contribution >= 4 is 5.97 Å². The lowest BCUT2D eigenvalue weighted by molar-refractivity contribution is -0.160. The summed E-state index contributed by atoms with van der Waals surface area (Å²) in [5.41, 5.74) is 0.987. The number of ether oxygens (including phenoxy) is 1. The van der Waals surface area contributed by atoms with Crippen LogP contribution in [0.25, 0.3) is 0 Å². The molecule has 4 rings (SSSR count). The standard InChI is InChI=1S/C32H54O2/c1-20(2)26(21(3)4)11-9-22(5)28-13-14-29-27-12-10-24-19-25(34-23(6)33)15-17-31(24,7)30(27)16-18-32(28,29)8/h9,11,20-22,24-30H,10,12-19H2,1-8H3/b11-9-/t22-,24+,25+,27+,28-,29+,30+,31+,32-/m1/s1. The van der Waals surface area contributed by atoms with Gasteiger partial charge in [0.25, 0.3) is 0 Å². The van der Waals surface area contributed by atoms with Crippen LogP contribution in [-0.4, -0.2) is 12.1 Å². The summed E-state index contributed by atoms with van der Waals surface area (Å²) in [7, 11) is 0. The second kappa shape index (κ2) is 9.93. The minimum atomic E-state index is -0.0935. The van der Waals surface area contributed by atoms with Gasteiger partial charge in [-0.3, -0.25) is 4.79 Å². The Balaban J connectivity index is 1.46. The third-order valence-corrected chi connectivity index (χ3v) is 11.8. The maximum absolute atomic E-state index is 11.5. The largest absolute Gasteiger partial charge is 0.463 e. The van der Waals surface area contributed by atoms with E-state index in [4.69, 9.17) is 4.74 Å². The molecule has 4 saturated carbocycles. The molecule has 34 heavy (non-hydrogen) atoms. The zero-order valence-electron chi connectivity index (χ0n) is 23.6. The molecule has 0 heterocycles. The van der Waals surface area contributed by atoms with Gasteiger partial charge in [-0.1, -0.05) is 60.6 Å². The van der Waals surface area contributed by atoms with Gasteiger partial charge in [0.2, 0.25) is 0 Å². The van der Waals surface area contributed by atoms with E-state index in [0.717, 1.165) is 54.3 Å². The second-order valence-electron chi connectivity index (χ2n) is 14.2.